The molecule has 52 valence electrons. The van der Waals surface area contributed by atoms with E-state index >= 15 is 0 Å². The second-order valence-electron chi connectivity index (χ2n) is 2.54. The SMILES string of the molecule is O=CC1(CCl)CCNC1. The van der Waals surface area contributed by atoms with Crippen molar-refractivity contribution in [2.45, 2.75) is 6.42 Å². The van der Waals surface area contributed by atoms with Gasteiger partial charge < -0.3 is 10.1 Å². The molecule has 1 fully saturated rings. The van der Waals surface area contributed by atoms with Crippen LogP contribution in [0.15, 0.2) is 0 Å². The van der Waals surface area contributed by atoms with Crippen LogP contribution in [0.4, 0.5) is 0 Å². The van der Waals surface area contributed by atoms with Crippen LogP contribution in [-0.4, -0.2) is 25.3 Å². The Morgan fingerprint density at radius 2 is 2.56 bits per heavy atom. The minimum Gasteiger partial charge on any atom is -0.316 e. The number of carbonyl (C=O) groups excluding carboxylic acids is 1. The van der Waals surface area contributed by atoms with E-state index in [4.69, 9.17) is 11.6 Å². The number of carbonyl (C=O) groups is 1. The Balaban J connectivity index is 2.55. The second kappa shape index (κ2) is 2.67. The van der Waals surface area contributed by atoms with E-state index in [-0.39, 0.29) is 5.41 Å². The van der Waals surface area contributed by atoms with Crippen LogP contribution in [0.2, 0.25) is 0 Å². The van der Waals surface area contributed by atoms with Gasteiger partial charge in [0.1, 0.15) is 6.29 Å². The largest absolute Gasteiger partial charge is 0.316 e. The molecule has 0 aliphatic carbocycles. The molecule has 0 radical (unpaired) electrons. The van der Waals surface area contributed by atoms with Gasteiger partial charge in [-0.1, -0.05) is 0 Å². The van der Waals surface area contributed by atoms with E-state index in [9.17, 15) is 4.79 Å². The Morgan fingerprint density at radius 1 is 1.78 bits per heavy atom. The molecule has 0 aromatic rings. The fourth-order valence-electron chi connectivity index (χ4n) is 1.01. The van der Waals surface area contributed by atoms with Crippen molar-refractivity contribution in [3.05, 3.63) is 0 Å². The fraction of sp³-hybridized carbons (Fsp3) is 0.833. The van der Waals surface area contributed by atoms with Gasteiger partial charge in [-0.2, -0.15) is 0 Å². The van der Waals surface area contributed by atoms with Crippen LogP contribution in [0.3, 0.4) is 0 Å². The lowest BCUT2D eigenvalue weighted by atomic mass is 9.92. The molecule has 1 aliphatic rings. The Morgan fingerprint density at radius 3 is 2.78 bits per heavy atom. The molecule has 0 amide bonds. The standard InChI is InChI=1S/C6H10ClNO/c7-3-6(5-9)1-2-8-4-6/h5,8H,1-4H2. The van der Waals surface area contributed by atoms with Crippen LogP contribution in [0, 0.1) is 5.41 Å². The molecule has 0 aromatic carbocycles. The molecule has 1 saturated heterocycles. The topological polar surface area (TPSA) is 29.1 Å². The van der Waals surface area contributed by atoms with Gasteiger partial charge in [-0.15, -0.1) is 11.6 Å². The van der Waals surface area contributed by atoms with Crippen molar-refractivity contribution in [1.82, 2.24) is 5.32 Å². The number of halogens is 1. The molecule has 1 heterocycles. The summed E-state index contributed by atoms with van der Waals surface area (Å²) in [6.07, 6.45) is 1.86. The van der Waals surface area contributed by atoms with Crippen molar-refractivity contribution in [3.63, 3.8) is 0 Å². The van der Waals surface area contributed by atoms with Gasteiger partial charge in [0.05, 0.1) is 5.41 Å². The normalized spacial score (nSPS) is 34.8. The first-order valence-corrected chi connectivity index (χ1v) is 3.59. The molecule has 1 N–H and O–H groups in total. The summed E-state index contributed by atoms with van der Waals surface area (Å²) >= 11 is 5.59. The minimum atomic E-state index is -0.248. The summed E-state index contributed by atoms with van der Waals surface area (Å²) in [5, 5.41) is 3.10. The highest BCUT2D eigenvalue weighted by Gasteiger charge is 2.32. The van der Waals surface area contributed by atoms with E-state index in [1.54, 1.807) is 0 Å². The highest BCUT2D eigenvalue weighted by molar-refractivity contribution is 6.19. The van der Waals surface area contributed by atoms with Crippen molar-refractivity contribution in [2.75, 3.05) is 19.0 Å². The first-order chi connectivity index (χ1) is 4.33. The van der Waals surface area contributed by atoms with Crippen molar-refractivity contribution >= 4 is 17.9 Å². The average molecular weight is 148 g/mol. The zero-order valence-electron chi connectivity index (χ0n) is 5.19. The molecule has 0 spiro atoms. The summed E-state index contributed by atoms with van der Waals surface area (Å²) in [6, 6.07) is 0. The quantitative estimate of drug-likeness (QED) is 0.453. The lowest BCUT2D eigenvalue weighted by Gasteiger charge is -2.15. The maximum Gasteiger partial charge on any atom is 0.128 e. The molecule has 1 rings (SSSR count). The molecule has 9 heavy (non-hydrogen) atoms. The van der Waals surface area contributed by atoms with Crippen molar-refractivity contribution in [2.24, 2.45) is 5.41 Å². The van der Waals surface area contributed by atoms with E-state index in [2.05, 4.69) is 5.32 Å². The zero-order valence-corrected chi connectivity index (χ0v) is 5.95. The zero-order chi connectivity index (χ0) is 6.74. The Labute approximate surface area is 59.6 Å². The molecule has 1 aliphatic heterocycles. The van der Waals surface area contributed by atoms with Gasteiger partial charge in [0, 0.05) is 12.4 Å². The lowest BCUT2D eigenvalue weighted by molar-refractivity contribution is -0.114. The van der Waals surface area contributed by atoms with Crippen LogP contribution in [0.5, 0.6) is 0 Å². The molecule has 1 atom stereocenters. The summed E-state index contributed by atoms with van der Waals surface area (Å²) in [7, 11) is 0. The van der Waals surface area contributed by atoms with E-state index in [1.807, 2.05) is 0 Å². The highest BCUT2D eigenvalue weighted by atomic mass is 35.5. The second-order valence-corrected chi connectivity index (χ2v) is 2.81. The molecule has 0 aromatic heterocycles. The Hall–Kier alpha value is -0.0800. The molecule has 0 bridgehead atoms. The van der Waals surface area contributed by atoms with Crippen LogP contribution in [0.1, 0.15) is 6.42 Å². The number of hydrogen-bond donors (Lipinski definition) is 1. The summed E-state index contributed by atoms with van der Waals surface area (Å²) in [4.78, 5) is 10.4. The van der Waals surface area contributed by atoms with E-state index in [0.717, 1.165) is 25.8 Å². The Bertz CT molecular complexity index is 110. The summed E-state index contributed by atoms with van der Waals surface area (Å²) in [5.41, 5.74) is -0.248. The predicted octanol–water partition coefficient (Wildman–Crippen LogP) is 0.404. The van der Waals surface area contributed by atoms with Gasteiger partial charge in [-0.25, -0.2) is 0 Å². The average Bonchev–Trinajstić information content (AvgIpc) is 2.36. The van der Waals surface area contributed by atoms with E-state index in [0.29, 0.717) is 5.88 Å². The van der Waals surface area contributed by atoms with Crippen molar-refractivity contribution < 1.29 is 4.79 Å². The van der Waals surface area contributed by atoms with Crippen molar-refractivity contribution in [1.29, 1.82) is 0 Å². The third kappa shape index (κ3) is 1.25. The first-order valence-electron chi connectivity index (χ1n) is 3.06. The Kier molecular flexibility index (Phi) is 2.09. The number of hydrogen-bond acceptors (Lipinski definition) is 2. The molecular formula is C6H10ClNO. The molecular weight excluding hydrogens is 138 g/mol. The van der Waals surface area contributed by atoms with Gasteiger partial charge in [0.2, 0.25) is 0 Å². The maximum atomic E-state index is 10.4. The monoisotopic (exact) mass is 147 g/mol. The van der Waals surface area contributed by atoms with Gasteiger partial charge in [0.25, 0.3) is 0 Å². The molecule has 2 nitrogen and oxygen atoms in total. The number of nitrogens with one attached hydrogen (secondary N) is 1. The molecule has 1 unspecified atom stereocenters. The fourth-order valence-corrected chi connectivity index (χ4v) is 1.30. The third-order valence-corrected chi connectivity index (χ3v) is 2.33. The number of rotatable bonds is 2. The van der Waals surface area contributed by atoms with Gasteiger partial charge >= 0.3 is 0 Å². The summed E-state index contributed by atoms with van der Waals surface area (Å²) in [6.45, 7) is 1.67. The van der Waals surface area contributed by atoms with E-state index < -0.39 is 0 Å². The maximum absolute atomic E-state index is 10.4. The van der Waals surface area contributed by atoms with Crippen LogP contribution in [-0.2, 0) is 4.79 Å². The number of aldehydes is 1. The van der Waals surface area contributed by atoms with Gasteiger partial charge in [-0.3, -0.25) is 0 Å². The van der Waals surface area contributed by atoms with Gasteiger partial charge in [-0.05, 0) is 13.0 Å². The molecule has 0 saturated carbocycles. The van der Waals surface area contributed by atoms with Crippen molar-refractivity contribution in [3.8, 4) is 0 Å². The highest BCUT2D eigenvalue weighted by Crippen LogP contribution is 2.23. The summed E-state index contributed by atoms with van der Waals surface area (Å²) in [5.74, 6) is 0.448. The smallest absolute Gasteiger partial charge is 0.128 e. The summed E-state index contributed by atoms with van der Waals surface area (Å²) < 4.78 is 0. The third-order valence-electron chi connectivity index (χ3n) is 1.79. The first kappa shape index (κ1) is 7.03. The number of alkyl halides is 1. The van der Waals surface area contributed by atoms with Crippen LogP contribution < -0.4 is 5.32 Å². The van der Waals surface area contributed by atoms with Crippen LogP contribution >= 0.6 is 11.6 Å². The van der Waals surface area contributed by atoms with Gasteiger partial charge in [0.15, 0.2) is 0 Å². The van der Waals surface area contributed by atoms with Crippen LogP contribution in [0.25, 0.3) is 0 Å². The molecule has 3 heteroatoms. The van der Waals surface area contributed by atoms with E-state index in [1.165, 1.54) is 0 Å². The minimum absolute atomic E-state index is 0.248. The lowest BCUT2D eigenvalue weighted by Crippen LogP contribution is -2.27. The predicted molar refractivity (Wildman–Crippen MR) is 36.7 cm³/mol.